The SMILES string of the molecule is CCCOc1cccc(NCC(=O)Nc2cc(Cl)ccc2C)c1. The summed E-state index contributed by atoms with van der Waals surface area (Å²) in [6.07, 6.45) is 0.957. The van der Waals surface area contributed by atoms with Gasteiger partial charge in [-0.2, -0.15) is 0 Å². The van der Waals surface area contributed by atoms with E-state index in [9.17, 15) is 4.79 Å². The lowest BCUT2D eigenvalue weighted by atomic mass is 10.2. The molecule has 2 rings (SSSR count). The van der Waals surface area contributed by atoms with Gasteiger partial charge >= 0.3 is 0 Å². The van der Waals surface area contributed by atoms with Crippen LogP contribution in [-0.4, -0.2) is 19.1 Å². The average Bonchev–Trinajstić information content (AvgIpc) is 2.55. The van der Waals surface area contributed by atoms with Gasteiger partial charge in [-0.25, -0.2) is 0 Å². The number of nitrogens with one attached hydrogen (secondary N) is 2. The van der Waals surface area contributed by atoms with Gasteiger partial charge < -0.3 is 15.4 Å². The molecule has 0 saturated carbocycles. The van der Waals surface area contributed by atoms with E-state index in [0.29, 0.717) is 11.6 Å². The monoisotopic (exact) mass is 332 g/mol. The molecule has 0 saturated heterocycles. The second kappa shape index (κ2) is 8.44. The number of benzene rings is 2. The highest BCUT2D eigenvalue weighted by atomic mass is 35.5. The van der Waals surface area contributed by atoms with Crippen LogP contribution in [0.2, 0.25) is 5.02 Å². The maximum atomic E-state index is 12.1. The quantitative estimate of drug-likeness (QED) is 0.785. The van der Waals surface area contributed by atoms with Crippen molar-refractivity contribution < 1.29 is 9.53 Å². The Morgan fingerprint density at radius 2 is 2.04 bits per heavy atom. The Kier molecular flexibility index (Phi) is 6.29. The molecule has 0 aliphatic rings. The fraction of sp³-hybridized carbons (Fsp3) is 0.278. The van der Waals surface area contributed by atoms with E-state index < -0.39 is 0 Å². The molecule has 0 heterocycles. The zero-order valence-corrected chi connectivity index (χ0v) is 14.1. The number of aryl methyl sites for hydroxylation is 1. The third-order valence-corrected chi connectivity index (χ3v) is 3.47. The van der Waals surface area contributed by atoms with Crippen LogP contribution < -0.4 is 15.4 Å². The van der Waals surface area contributed by atoms with E-state index >= 15 is 0 Å². The van der Waals surface area contributed by atoms with Crippen LogP contribution in [0.4, 0.5) is 11.4 Å². The number of carbonyl (C=O) groups excluding carboxylic acids is 1. The minimum atomic E-state index is -0.129. The number of halogens is 1. The van der Waals surface area contributed by atoms with Crippen LogP contribution in [0, 0.1) is 6.92 Å². The van der Waals surface area contributed by atoms with Crippen molar-refractivity contribution in [3.05, 3.63) is 53.1 Å². The van der Waals surface area contributed by atoms with Crippen LogP contribution in [0.3, 0.4) is 0 Å². The van der Waals surface area contributed by atoms with Gasteiger partial charge in [0.25, 0.3) is 0 Å². The number of ether oxygens (including phenoxy) is 1. The Morgan fingerprint density at radius 3 is 2.83 bits per heavy atom. The Bertz CT molecular complexity index is 674. The number of carbonyl (C=O) groups is 1. The summed E-state index contributed by atoms with van der Waals surface area (Å²) in [6, 6.07) is 13.0. The smallest absolute Gasteiger partial charge is 0.243 e. The third kappa shape index (κ3) is 5.49. The predicted molar refractivity (Wildman–Crippen MR) is 95.5 cm³/mol. The first-order valence-electron chi connectivity index (χ1n) is 7.61. The minimum absolute atomic E-state index is 0.129. The number of rotatable bonds is 7. The molecule has 0 aliphatic carbocycles. The minimum Gasteiger partial charge on any atom is -0.494 e. The van der Waals surface area contributed by atoms with E-state index in [0.717, 1.165) is 29.1 Å². The van der Waals surface area contributed by atoms with Crippen LogP contribution in [-0.2, 0) is 4.79 Å². The second-order valence-electron chi connectivity index (χ2n) is 5.24. The van der Waals surface area contributed by atoms with Gasteiger partial charge in [0.15, 0.2) is 0 Å². The molecule has 0 bridgehead atoms. The highest BCUT2D eigenvalue weighted by molar-refractivity contribution is 6.31. The summed E-state index contributed by atoms with van der Waals surface area (Å²) in [5.74, 6) is 0.665. The molecule has 0 aromatic heterocycles. The Morgan fingerprint density at radius 1 is 1.22 bits per heavy atom. The van der Waals surface area contributed by atoms with Crippen LogP contribution in [0.1, 0.15) is 18.9 Å². The molecule has 0 aliphatic heterocycles. The van der Waals surface area contributed by atoms with Crippen molar-refractivity contribution in [2.75, 3.05) is 23.8 Å². The number of anilines is 2. The molecule has 0 atom stereocenters. The Labute approximate surface area is 141 Å². The molecule has 4 nitrogen and oxygen atoms in total. The van der Waals surface area contributed by atoms with Gasteiger partial charge in [-0.1, -0.05) is 30.7 Å². The predicted octanol–water partition coefficient (Wildman–Crippen LogP) is 4.49. The fourth-order valence-corrected chi connectivity index (χ4v) is 2.19. The zero-order chi connectivity index (χ0) is 16.7. The Hall–Kier alpha value is -2.20. The third-order valence-electron chi connectivity index (χ3n) is 3.23. The van der Waals surface area contributed by atoms with Gasteiger partial charge in [0.05, 0.1) is 13.2 Å². The lowest BCUT2D eigenvalue weighted by Gasteiger charge is -2.11. The summed E-state index contributed by atoms with van der Waals surface area (Å²) in [6.45, 7) is 4.83. The Balaban J connectivity index is 1.90. The molecule has 2 aromatic carbocycles. The summed E-state index contributed by atoms with van der Waals surface area (Å²) in [5, 5.41) is 6.54. The fourth-order valence-electron chi connectivity index (χ4n) is 2.02. The number of amides is 1. The van der Waals surface area contributed by atoms with Crippen molar-refractivity contribution in [2.24, 2.45) is 0 Å². The molecule has 0 radical (unpaired) electrons. The molecule has 0 fully saturated rings. The van der Waals surface area contributed by atoms with Crippen LogP contribution in [0.25, 0.3) is 0 Å². The summed E-state index contributed by atoms with van der Waals surface area (Å²) in [7, 11) is 0. The van der Waals surface area contributed by atoms with E-state index in [1.165, 1.54) is 0 Å². The molecule has 2 aromatic rings. The van der Waals surface area contributed by atoms with Gasteiger partial charge in [0.1, 0.15) is 5.75 Å². The van der Waals surface area contributed by atoms with Crippen molar-refractivity contribution >= 4 is 28.9 Å². The summed E-state index contributed by atoms with van der Waals surface area (Å²) in [5.41, 5.74) is 2.54. The van der Waals surface area contributed by atoms with Crippen LogP contribution in [0.15, 0.2) is 42.5 Å². The van der Waals surface area contributed by atoms with Crippen molar-refractivity contribution in [1.29, 1.82) is 0 Å². The van der Waals surface area contributed by atoms with E-state index in [1.54, 1.807) is 12.1 Å². The summed E-state index contributed by atoms with van der Waals surface area (Å²) in [4.78, 5) is 12.1. The second-order valence-corrected chi connectivity index (χ2v) is 5.67. The molecular formula is C18H21ClN2O2. The number of hydrogen-bond donors (Lipinski definition) is 2. The zero-order valence-electron chi connectivity index (χ0n) is 13.4. The molecule has 0 unspecified atom stereocenters. The van der Waals surface area contributed by atoms with E-state index in [4.69, 9.17) is 16.3 Å². The summed E-state index contributed by atoms with van der Waals surface area (Å²) < 4.78 is 5.57. The first-order valence-corrected chi connectivity index (χ1v) is 7.99. The molecule has 1 amide bonds. The first kappa shape index (κ1) is 17.2. The van der Waals surface area contributed by atoms with Gasteiger partial charge in [-0.05, 0) is 43.2 Å². The maximum absolute atomic E-state index is 12.1. The van der Waals surface area contributed by atoms with Crippen LogP contribution >= 0.6 is 11.6 Å². The first-order chi connectivity index (χ1) is 11.1. The van der Waals surface area contributed by atoms with E-state index in [-0.39, 0.29) is 12.5 Å². The van der Waals surface area contributed by atoms with E-state index in [1.807, 2.05) is 37.3 Å². The van der Waals surface area contributed by atoms with E-state index in [2.05, 4.69) is 17.6 Å². The molecule has 2 N–H and O–H groups in total. The van der Waals surface area contributed by atoms with Crippen molar-refractivity contribution in [2.45, 2.75) is 20.3 Å². The van der Waals surface area contributed by atoms with Gasteiger partial charge in [0.2, 0.25) is 5.91 Å². The van der Waals surface area contributed by atoms with Crippen molar-refractivity contribution in [3.8, 4) is 5.75 Å². The van der Waals surface area contributed by atoms with Gasteiger partial charge in [-0.3, -0.25) is 4.79 Å². The topological polar surface area (TPSA) is 50.4 Å². The highest BCUT2D eigenvalue weighted by Crippen LogP contribution is 2.20. The largest absolute Gasteiger partial charge is 0.494 e. The lowest BCUT2D eigenvalue weighted by molar-refractivity contribution is -0.114. The lowest BCUT2D eigenvalue weighted by Crippen LogP contribution is -2.22. The van der Waals surface area contributed by atoms with Gasteiger partial charge in [0, 0.05) is 22.5 Å². The number of hydrogen-bond acceptors (Lipinski definition) is 3. The van der Waals surface area contributed by atoms with Crippen LogP contribution in [0.5, 0.6) is 5.75 Å². The molecule has 23 heavy (non-hydrogen) atoms. The standard InChI is InChI=1S/C18H21ClN2O2/c1-3-9-23-16-6-4-5-15(11-16)20-12-18(22)21-17-10-14(19)8-7-13(17)2/h4-8,10-11,20H,3,9,12H2,1-2H3,(H,21,22). The summed E-state index contributed by atoms with van der Waals surface area (Å²) >= 11 is 5.95. The van der Waals surface area contributed by atoms with Crippen molar-refractivity contribution in [3.63, 3.8) is 0 Å². The molecular weight excluding hydrogens is 312 g/mol. The average molecular weight is 333 g/mol. The molecule has 5 heteroatoms. The van der Waals surface area contributed by atoms with Crippen molar-refractivity contribution in [1.82, 2.24) is 0 Å². The maximum Gasteiger partial charge on any atom is 0.243 e. The van der Waals surface area contributed by atoms with Gasteiger partial charge in [-0.15, -0.1) is 0 Å². The normalized spacial score (nSPS) is 10.2. The molecule has 0 spiro atoms. The highest BCUT2D eigenvalue weighted by Gasteiger charge is 2.06. The molecule has 122 valence electrons.